The summed E-state index contributed by atoms with van der Waals surface area (Å²) in [6, 6.07) is 4.41. The fourth-order valence-corrected chi connectivity index (χ4v) is 2.22. The van der Waals surface area contributed by atoms with Gasteiger partial charge < -0.3 is 9.88 Å². The van der Waals surface area contributed by atoms with E-state index in [-0.39, 0.29) is 0 Å². The summed E-state index contributed by atoms with van der Waals surface area (Å²) in [4.78, 5) is 4.44. The van der Waals surface area contributed by atoms with Gasteiger partial charge in [-0.1, -0.05) is 6.07 Å². The molecule has 5 nitrogen and oxygen atoms in total. The minimum Gasteiger partial charge on any atom is -0.313 e. The summed E-state index contributed by atoms with van der Waals surface area (Å²) in [6.45, 7) is 4.04. The maximum absolute atomic E-state index is 4.44. The topological polar surface area (TPSA) is 55.6 Å². The Morgan fingerprint density at radius 3 is 2.61 bits per heavy atom. The van der Waals surface area contributed by atoms with E-state index in [0.717, 1.165) is 16.0 Å². The molecular weight excluding hydrogens is 246 g/mol. The van der Waals surface area contributed by atoms with Crippen molar-refractivity contribution in [3.63, 3.8) is 0 Å². The Morgan fingerprint density at radius 1 is 1.33 bits per heavy atom. The quantitative estimate of drug-likeness (QED) is 0.913. The van der Waals surface area contributed by atoms with Gasteiger partial charge >= 0.3 is 0 Å². The molecule has 2 aromatic rings. The van der Waals surface area contributed by atoms with E-state index >= 15 is 0 Å². The number of hydrogen-bond acceptors (Lipinski definition) is 5. The highest BCUT2D eigenvalue weighted by Crippen LogP contribution is 2.24. The van der Waals surface area contributed by atoms with Crippen molar-refractivity contribution in [1.29, 1.82) is 0 Å². The standard InChI is InChI=1S/C12H17N5S/c1-8(13-3)10-5-6-11(14-7-10)18-12-16-15-9(2)17(12)4/h5-8,13H,1-4H3. The maximum atomic E-state index is 4.44. The molecule has 2 heterocycles. The van der Waals surface area contributed by atoms with Crippen molar-refractivity contribution >= 4 is 11.8 Å². The Balaban J connectivity index is 2.13. The zero-order chi connectivity index (χ0) is 13.1. The van der Waals surface area contributed by atoms with Crippen LogP contribution in [0.3, 0.4) is 0 Å². The van der Waals surface area contributed by atoms with Crippen LogP contribution in [0.4, 0.5) is 0 Å². The molecule has 1 atom stereocenters. The minimum absolute atomic E-state index is 0.314. The van der Waals surface area contributed by atoms with E-state index < -0.39 is 0 Å². The summed E-state index contributed by atoms with van der Waals surface area (Å²) in [5.74, 6) is 0.901. The first kappa shape index (κ1) is 13.0. The van der Waals surface area contributed by atoms with Crippen molar-refractivity contribution in [2.75, 3.05) is 7.05 Å². The Morgan fingerprint density at radius 2 is 2.11 bits per heavy atom. The maximum Gasteiger partial charge on any atom is 0.197 e. The fourth-order valence-electron chi connectivity index (χ4n) is 1.45. The van der Waals surface area contributed by atoms with Crippen molar-refractivity contribution < 1.29 is 0 Å². The van der Waals surface area contributed by atoms with Gasteiger partial charge in [0.2, 0.25) is 0 Å². The molecule has 0 radical (unpaired) electrons. The van der Waals surface area contributed by atoms with Gasteiger partial charge in [0, 0.05) is 19.3 Å². The highest BCUT2D eigenvalue weighted by molar-refractivity contribution is 7.99. The normalized spacial score (nSPS) is 12.7. The number of aryl methyl sites for hydroxylation is 1. The summed E-state index contributed by atoms with van der Waals surface area (Å²) >= 11 is 1.52. The van der Waals surface area contributed by atoms with Gasteiger partial charge in [0.15, 0.2) is 5.16 Å². The van der Waals surface area contributed by atoms with E-state index in [1.807, 2.05) is 37.8 Å². The van der Waals surface area contributed by atoms with Crippen LogP contribution in [0.5, 0.6) is 0 Å². The molecular formula is C12H17N5S. The zero-order valence-corrected chi connectivity index (χ0v) is 11.8. The van der Waals surface area contributed by atoms with Crippen LogP contribution in [-0.4, -0.2) is 26.8 Å². The average molecular weight is 263 g/mol. The molecule has 0 aliphatic carbocycles. The largest absolute Gasteiger partial charge is 0.313 e. The lowest BCUT2D eigenvalue weighted by atomic mass is 10.1. The van der Waals surface area contributed by atoms with E-state index in [4.69, 9.17) is 0 Å². The molecule has 96 valence electrons. The Labute approximate surface area is 111 Å². The van der Waals surface area contributed by atoms with E-state index in [2.05, 4.69) is 33.5 Å². The summed E-state index contributed by atoms with van der Waals surface area (Å²) in [7, 11) is 3.89. The molecule has 0 aliphatic rings. The molecule has 2 aromatic heterocycles. The predicted molar refractivity (Wildman–Crippen MR) is 71.6 cm³/mol. The van der Waals surface area contributed by atoms with Crippen molar-refractivity contribution in [3.05, 3.63) is 29.7 Å². The van der Waals surface area contributed by atoms with Crippen molar-refractivity contribution in [3.8, 4) is 0 Å². The monoisotopic (exact) mass is 263 g/mol. The molecule has 0 spiro atoms. The lowest BCUT2D eigenvalue weighted by Gasteiger charge is -2.10. The lowest BCUT2D eigenvalue weighted by molar-refractivity contribution is 0.648. The Bertz CT molecular complexity index is 520. The van der Waals surface area contributed by atoms with Crippen LogP contribution in [-0.2, 0) is 7.05 Å². The van der Waals surface area contributed by atoms with Crippen LogP contribution in [0.2, 0.25) is 0 Å². The van der Waals surface area contributed by atoms with Crippen LogP contribution in [0.15, 0.2) is 28.5 Å². The SMILES string of the molecule is CNC(C)c1ccc(Sc2nnc(C)n2C)nc1. The molecule has 0 saturated heterocycles. The molecule has 0 aromatic carbocycles. The highest BCUT2D eigenvalue weighted by atomic mass is 32.2. The highest BCUT2D eigenvalue weighted by Gasteiger charge is 2.08. The minimum atomic E-state index is 0.314. The first-order chi connectivity index (χ1) is 8.61. The summed E-state index contributed by atoms with van der Waals surface area (Å²) in [6.07, 6.45) is 1.90. The third-order valence-corrected chi connectivity index (χ3v) is 3.93. The first-order valence-corrected chi connectivity index (χ1v) is 6.60. The van der Waals surface area contributed by atoms with Gasteiger partial charge in [-0.05, 0) is 44.3 Å². The van der Waals surface area contributed by atoms with Gasteiger partial charge in [-0.25, -0.2) is 4.98 Å². The molecule has 1 N–H and O–H groups in total. The Hall–Kier alpha value is -1.40. The second kappa shape index (κ2) is 5.49. The van der Waals surface area contributed by atoms with Gasteiger partial charge in [0.1, 0.15) is 10.9 Å². The van der Waals surface area contributed by atoms with Crippen LogP contribution in [0.1, 0.15) is 24.4 Å². The number of nitrogens with one attached hydrogen (secondary N) is 1. The molecule has 0 bridgehead atoms. The fraction of sp³-hybridized carbons (Fsp3) is 0.417. The van der Waals surface area contributed by atoms with Gasteiger partial charge in [-0.3, -0.25) is 0 Å². The molecule has 1 unspecified atom stereocenters. The third kappa shape index (κ3) is 2.70. The average Bonchev–Trinajstić information content (AvgIpc) is 2.71. The molecule has 0 fully saturated rings. The van der Waals surface area contributed by atoms with Crippen LogP contribution in [0.25, 0.3) is 0 Å². The molecule has 0 saturated carbocycles. The van der Waals surface area contributed by atoms with E-state index in [1.165, 1.54) is 17.3 Å². The van der Waals surface area contributed by atoms with E-state index in [9.17, 15) is 0 Å². The van der Waals surface area contributed by atoms with Gasteiger partial charge in [0.25, 0.3) is 0 Å². The van der Waals surface area contributed by atoms with Crippen LogP contribution in [0, 0.1) is 6.92 Å². The molecule has 18 heavy (non-hydrogen) atoms. The van der Waals surface area contributed by atoms with E-state index in [0.29, 0.717) is 6.04 Å². The number of pyridine rings is 1. The van der Waals surface area contributed by atoms with Crippen LogP contribution >= 0.6 is 11.8 Å². The molecule has 0 aliphatic heterocycles. The molecule has 6 heteroatoms. The summed E-state index contributed by atoms with van der Waals surface area (Å²) in [5.41, 5.74) is 1.18. The summed E-state index contributed by atoms with van der Waals surface area (Å²) in [5, 5.41) is 13.1. The number of hydrogen-bond donors (Lipinski definition) is 1. The van der Waals surface area contributed by atoms with Gasteiger partial charge in [-0.15, -0.1) is 10.2 Å². The van der Waals surface area contributed by atoms with Crippen LogP contribution < -0.4 is 5.32 Å². The van der Waals surface area contributed by atoms with Crippen molar-refractivity contribution in [1.82, 2.24) is 25.1 Å². The van der Waals surface area contributed by atoms with Crippen molar-refractivity contribution in [2.24, 2.45) is 7.05 Å². The lowest BCUT2D eigenvalue weighted by Crippen LogP contribution is -2.12. The van der Waals surface area contributed by atoms with E-state index in [1.54, 1.807) is 0 Å². The van der Waals surface area contributed by atoms with Gasteiger partial charge in [0.05, 0.1) is 0 Å². The number of aromatic nitrogens is 4. The second-order valence-electron chi connectivity index (χ2n) is 4.13. The predicted octanol–water partition coefficient (Wildman–Crippen LogP) is 1.95. The number of nitrogens with zero attached hydrogens (tertiary/aromatic N) is 4. The smallest absolute Gasteiger partial charge is 0.197 e. The third-order valence-electron chi connectivity index (χ3n) is 2.94. The Kier molecular flexibility index (Phi) is 3.98. The molecule has 0 amide bonds. The zero-order valence-electron chi connectivity index (χ0n) is 11.0. The van der Waals surface area contributed by atoms with Gasteiger partial charge in [-0.2, -0.15) is 0 Å². The first-order valence-electron chi connectivity index (χ1n) is 5.79. The number of rotatable bonds is 4. The molecule has 2 rings (SSSR count). The summed E-state index contributed by atoms with van der Waals surface area (Å²) < 4.78 is 1.95. The van der Waals surface area contributed by atoms with Crippen molar-refractivity contribution in [2.45, 2.75) is 30.1 Å². The second-order valence-corrected chi connectivity index (χ2v) is 5.12.